The van der Waals surface area contributed by atoms with Crippen LogP contribution in [0.25, 0.3) is 0 Å². The van der Waals surface area contributed by atoms with Crippen LogP contribution < -0.4 is 5.32 Å². The maximum atomic E-state index is 12.0. The Bertz CT molecular complexity index is 368. The average Bonchev–Trinajstić information content (AvgIpc) is 3.18. The number of nitrogens with one attached hydrogen (secondary N) is 1. The molecule has 16 heavy (non-hydrogen) atoms. The summed E-state index contributed by atoms with van der Waals surface area (Å²) in [4.78, 5) is 15.3. The maximum Gasteiger partial charge on any atom is 0.318 e. The van der Waals surface area contributed by atoms with Gasteiger partial charge in [-0.25, -0.2) is 4.79 Å². The third kappa shape index (κ3) is 2.38. The predicted molar refractivity (Wildman–Crippen MR) is 64.4 cm³/mol. The molecule has 1 heterocycles. The van der Waals surface area contributed by atoms with E-state index in [1.807, 2.05) is 11.0 Å². The number of rotatable bonds is 4. The van der Waals surface area contributed by atoms with Crippen LogP contribution in [-0.2, 0) is 6.54 Å². The van der Waals surface area contributed by atoms with Crippen molar-refractivity contribution in [2.75, 3.05) is 0 Å². The highest BCUT2D eigenvalue weighted by Gasteiger charge is 2.35. The van der Waals surface area contributed by atoms with Crippen LogP contribution in [0, 0.1) is 0 Å². The highest BCUT2D eigenvalue weighted by Crippen LogP contribution is 2.30. The summed E-state index contributed by atoms with van der Waals surface area (Å²) >= 11 is 1.73. The Morgan fingerprint density at radius 2 is 2.25 bits per heavy atom. The van der Waals surface area contributed by atoms with E-state index in [9.17, 15) is 4.79 Å². The third-order valence-corrected chi connectivity index (χ3v) is 3.92. The molecule has 0 radical (unpaired) electrons. The minimum absolute atomic E-state index is 0.137. The van der Waals surface area contributed by atoms with Crippen LogP contribution in [-0.4, -0.2) is 23.0 Å². The normalized spacial score (nSPS) is 19.5. The molecule has 86 valence electrons. The predicted octanol–water partition coefficient (Wildman–Crippen LogP) is 2.58. The number of carbonyl (C=O) groups is 1. The Balaban J connectivity index is 1.63. The van der Waals surface area contributed by atoms with E-state index in [1.54, 1.807) is 11.3 Å². The first-order valence-electron chi connectivity index (χ1n) is 5.92. The number of hydrogen-bond acceptors (Lipinski definition) is 2. The number of urea groups is 1. The van der Waals surface area contributed by atoms with E-state index in [1.165, 1.54) is 17.7 Å². The van der Waals surface area contributed by atoms with Crippen molar-refractivity contribution in [1.29, 1.82) is 0 Å². The topological polar surface area (TPSA) is 32.3 Å². The molecule has 0 spiro atoms. The van der Waals surface area contributed by atoms with Gasteiger partial charge in [-0.2, -0.15) is 0 Å². The lowest BCUT2D eigenvalue weighted by molar-refractivity contribution is 0.192. The lowest BCUT2D eigenvalue weighted by Gasteiger charge is -2.22. The molecule has 4 heteroatoms. The molecule has 0 aliphatic heterocycles. The molecule has 0 bridgehead atoms. The first kappa shape index (κ1) is 10.1. The van der Waals surface area contributed by atoms with Crippen molar-refractivity contribution in [3.8, 4) is 0 Å². The van der Waals surface area contributed by atoms with Crippen molar-refractivity contribution >= 4 is 17.4 Å². The molecular formula is C12H16N2OS. The third-order valence-electron chi connectivity index (χ3n) is 3.06. The highest BCUT2D eigenvalue weighted by atomic mass is 32.1. The molecule has 0 aromatic carbocycles. The van der Waals surface area contributed by atoms with E-state index in [-0.39, 0.29) is 6.03 Å². The number of amides is 2. The van der Waals surface area contributed by atoms with E-state index in [4.69, 9.17) is 0 Å². The molecule has 2 aliphatic rings. The number of hydrogen-bond donors (Lipinski definition) is 1. The standard InChI is InChI=1S/C12H16N2OS/c15-12(13-9-3-4-9)14(10-5-6-10)8-11-2-1-7-16-11/h1-2,7,9-10H,3-6,8H2,(H,13,15). The minimum Gasteiger partial charge on any atom is -0.335 e. The molecule has 0 saturated heterocycles. The molecule has 3 rings (SSSR count). The Hall–Kier alpha value is -1.03. The summed E-state index contributed by atoms with van der Waals surface area (Å²) in [5, 5.41) is 5.15. The fourth-order valence-corrected chi connectivity index (χ4v) is 2.51. The van der Waals surface area contributed by atoms with Gasteiger partial charge in [0.05, 0.1) is 6.54 Å². The molecule has 3 nitrogen and oxygen atoms in total. The fourth-order valence-electron chi connectivity index (χ4n) is 1.81. The fraction of sp³-hybridized carbons (Fsp3) is 0.583. The summed E-state index contributed by atoms with van der Waals surface area (Å²) in [5.74, 6) is 0. The lowest BCUT2D eigenvalue weighted by Crippen LogP contribution is -2.41. The molecule has 2 fully saturated rings. The van der Waals surface area contributed by atoms with E-state index in [0.29, 0.717) is 12.1 Å². The van der Waals surface area contributed by atoms with Gasteiger partial charge in [-0.3, -0.25) is 0 Å². The van der Waals surface area contributed by atoms with Gasteiger partial charge < -0.3 is 10.2 Å². The zero-order chi connectivity index (χ0) is 11.0. The molecule has 2 saturated carbocycles. The molecule has 1 aromatic heterocycles. The summed E-state index contributed by atoms with van der Waals surface area (Å²) < 4.78 is 0. The second kappa shape index (κ2) is 4.09. The second-order valence-corrected chi connectivity index (χ2v) is 5.69. The summed E-state index contributed by atoms with van der Waals surface area (Å²) in [6.07, 6.45) is 4.65. The highest BCUT2D eigenvalue weighted by molar-refractivity contribution is 7.09. The smallest absolute Gasteiger partial charge is 0.318 e. The first-order chi connectivity index (χ1) is 7.83. The number of carbonyl (C=O) groups excluding carboxylic acids is 1. The van der Waals surface area contributed by atoms with Gasteiger partial charge in [0, 0.05) is 17.0 Å². The van der Waals surface area contributed by atoms with E-state index < -0.39 is 0 Å². The quantitative estimate of drug-likeness (QED) is 0.856. The number of nitrogens with zero attached hydrogens (tertiary/aromatic N) is 1. The van der Waals surface area contributed by atoms with Crippen molar-refractivity contribution in [2.45, 2.75) is 44.3 Å². The van der Waals surface area contributed by atoms with Gasteiger partial charge in [0.25, 0.3) is 0 Å². The van der Waals surface area contributed by atoms with Crippen LogP contribution in [0.5, 0.6) is 0 Å². The molecule has 0 atom stereocenters. The monoisotopic (exact) mass is 236 g/mol. The van der Waals surface area contributed by atoms with Crippen molar-refractivity contribution in [1.82, 2.24) is 10.2 Å². The summed E-state index contributed by atoms with van der Waals surface area (Å²) in [7, 11) is 0. The SMILES string of the molecule is O=C(NC1CC1)N(Cc1cccs1)C1CC1. The number of thiophene rings is 1. The summed E-state index contributed by atoms with van der Waals surface area (Å²) in [6.45, 7) is 0.779. The van der Waals surface area contributed by atoms with Crippen LogP contribution >= 0.6 is 11.3 Å². The average molecular weight is 236 g/mol. The van der Waals surface area contributed by atoms with Gasteiger partial charge in [0.1, 0.15) is 0 Å². The Labute approximate surface area is 99.5 Å². The van der Waals surface area contributed by atoms with Crippen molar-refractivity contribution < 1.29 is 4.79 Å². The van der Waals surface area contributed by atoms with Gasteiger partial charge in [0.2, 0.25) is 0 Å². The van der Waals surface area contributed by atoms with Crippen molar-refractivity contribution in [3.05, 3.63) is 22.4 Å². The Morgan fingerprint density at radius 1 is 1.44 bits per heavy atom. The van der Waals surface area contributed by atoms with E-state index in [0.717, 1.165) is 19.4 Å². The van der Waals surface area contributed by atoms with E-state index >= 15 is 0 Å². The molecule has 1 N–H and O–H groups in total. The summed E-state index contributed by atoms with van der Waals surface area (Å²) in [5.41, 5.74) is 0. The van der Waals surface area contributed by atoms with E-state index in [2.05, 4.69) is 16.8 Å². The Morgan fingerprint density at radius 3 is 2.81 bits per heavy atom. The molecule has 1 aromatic rings. The van der Waals surface area contributed by atoms with Crippen molar-refractivity contribution in [2.24, 2.45) is 0 Å². The van der Waals surface area contributed by atoms with Gasteiger partial charge in [-0.1, -0.05) is 6.07 Å². The van der Waals surface area contributed by atoms with Crippen LogP contribution in [0.4, 0.5) is 4.79 Å². The second-order valence-electron chi connectivity index (χ2n) is 4.66. The van der Waals surface area contributed by atoms with Crippen molar-refractivity contribution in [3.63, 3.8) is 0 Å². The van der Waals surface area contributed by atoms with Gasteiger partial charge >= 0.3 is 6.03 Å². The molecule has 0 unspecified atom stereocenters. The first-order valence-corrected chi connectivity index (χ1v) is 6.80. The van der Waals surface area contributed by atoms with Gasteiger partial charge in [-0.15, -0.1) is 11.3 Å². The zero-order valence-electron chi connectivity index (χ0n) is 9.19. The summed E-state index contributed by atoms with van der Waals surface area (Å²) in [6, 6.07) is 5.23. The maximum absolute atomic E-state index is 12.0. The minimum atomic E-state index is 0.137. The van der Waals surface area contributed by atoms with Crippen LogP contribution in [0.1, 0.15) is 30.6 Å². The van der Waals surface area contributed by atoms with Crippen LogP contribution in [0.3, 0.4) is 0 Å². The molecule has 2 aliphatic carbocycles. The van der Waals surface area contributed by atoms with Crippen LogP contribution in [0.15, 0.2) is 17.5 Å². The van der Waals surface area contributed by atoms with Crippen LogP contribution in [0.2, 0.25) is 0 Å². The zero-order valence-corrected chi connectivity index (χ0v) is 10.0. The molecule has 2 amide bonds. The lowest BCUT2D eigenvalue weighted by atomic mass is 10.4. The van der Waals surface area contributed by atoms with Gasteiger partial charge in [0.15, 0.2) is 0 Å². The molecular weight excluding hydrogens is 220 g/mol. The largest absolute Gasteiger partial charge is 0.335 e. The Kier molecular flexibility index (Phi) is 2.59. The van der Waals surface area contributed by atoms with Gasteiger partial charge in [-0.05, 0) is 37.1 Å².